The van der Waals surface area contributed by atoms with Crippen LogP contribution in [0, 0.1) is 17.3 Å². The van der Waals surface area contributed by atoms with Gasteiger partial charge in [0.15, 0.2) is 0 Å². The molecule has 0 aromatic heterocycles. The standard InChI is InChI=1S/C27H40O/c1-18-12-13-23-22(14-18)25-19(17-26(23,2)3)15-21(16-24(25)28)27(4,5)20-10-8-6-7-9-11-20/h12,15-16,20,22-23,28H,6-11,13-14,17H2,1-5H3/t22-,23-/m1/s1. The van der Waals surface area contributed by atoms with Gasteiger partial charge in [-0.1, -0.05) is 71.1 Å². The maximum Gasteiger partial charge on any atom is 0.119 e. The van der Waals surface area contributed by atoms with Crippen molar-refractivity contribution in [1.29, 1.82) is 0 Å². The molecule has 0 saturated heterocycles. The van der Waals surface area contributed by atoms with Gasteiger partial charge in [-0.2, -0.15) is 0 Å². The van der Waals surface area contributed by atoms with Crippen molar-refractivity contribution >= 4 is 0 Å². The van der Waals surface area contributed by atoms with Gasteiger partial charge in [-0.3, -0.25) is 0 Å². The number of phenols is 1. The van der Waals surface area contributed by atoms with Gasteiger partial charge in [0.1, 0.15) is 5.75 Å². The van der Waals surface area contributed by atoms with E-state index in [4.69, 9.17) is 0 Å². The molecule has 0 unspecified atom stereocenters. The second-order valence-electron chi connectivity index (χ2n) is 11.3. The quantitative estimate of drug-likeness (QED) is 0.412. The molecular formula is C27H40O. The number of aromatic hydroxyl groups is 1. The summed E-state index contributed by atoms with van der Waals surface area (Å²) >= 11 is 0. The molecule has 0 spiro atoms. The second-order valence-corrected chi connectivity index (χ2v) is 11.3. The first kappa shape index (κ1) is 20.0. The highest BCUT2D eigenvalue weighted by atomic mass is 16.3. The van der Waals surface area contributed by atoms with Crippen LogP contribution in [-0.4, -0.2) is 5.11 Å². The predicted octanol–water partition coefficient (Wildman–Crippen LogP) is 7.66. The molecule has 1 nitrogen and oxygen atoms in total. The lowest BCUT2D eigenvalue weighted by Gasteiger charge is -2.48. The minimum Gasteiger partial charge on any atom is -0.508 e. The van der Waals surface area contributed by atoms with E-state index in [1.165, 1.54) is 60.8 Å². The molecule has 1 aromatic carbocycles. The molecule has 1 saturated carbocycles. The van der Waals surface area contributed by atoms with Gasteiger partial charge in [0.05, 0.1) is 0 Å². The average Bonchev–Trinajstić information content (AvgIpc) is 2.90. The van der Waals surface area contributed by atoms with Gasteiger partial charge in [-0.15, -0.1) is 0 Å². The largest absolute Gasteiger partial charge is 0.508 e. The van der Waals surface area contributed by atoms with Gasteiger partial charge in [-0.05, 0) is 84.8 Å². The van der Waals surface area contributed by atoms with Crippen LogP contribution in [-0.2, 0) is 11.8 Å². The van der Waals surface area contributed by atoms with Crippen molar-refractivity contribution < 1.29 is 5.11 Å². The Labute approximate surface area is 172 Å². The van der Waals surface area contributed by atoms with E-state index in [1.807, 2.05) is 0 Å². The van der Waals surface area contributed by atoms with Gasteiger partial charge < -0.3 is 5.11 Å². The first-order chi connectivity index (χ1) is 13.2. The lowest BCUT2D eigenvalue weighted by Crippen LogP contribution is -2.38. The van der Waals surface area contributed by atoms with Crippen molar-refractivity contribution in [2.24, 2.45) is 17.3 Å². The first-order valence-electron chi connectivity index (χ1n) is 11.7. The van der Waals surface area contributed by atoms with Crippen molar-refractivity contribution in [3.05, 3.63) is 40.5 Å². The monoisotopic (exact) mass is 380 g/mol. The predicted molar refractivity (Wildman–Crippen MR) is 119 cm³/mol. The molecule has 3 aliphatic rings. The molecule has 0 radical (unpaired) electrons. The molecule has 0 amide bonds. The lowest BCUT2D eigenvalue weighted by molar-refractivity contribution is 0.149. The van der Waals surface area contributed by atoms with Crippen LogP contribution in [0.25, 0.3) is 0 Å². The summed E-state index contributed by atoms with van der Waals surface area (Å²) < 4.78 is 0. The average molecular weight is 381 g/mol. The van der Waals surface area contributed by atoms with Gasteiger partial charge in [0, 0.05) is 5.56 Å². The lowest BCUT2D eigenvalue weighted by atomic mass is 9.57. The number of allylic oxidation sites excluding steroid dienone is 2. The van der Waals surface area contributed by atoms with Crippen molar-refractivity contribution in [2.75, 3.05) is 0 Å². The van der Waals surface area contributed by atoms with Crippen molar-refractivity contribution in [3.8, 4) is 5.75 Å². The highest BCUT2D eigenvalue weighted by Crippen LogP contribution is 2.56. The molecule has 1 N–H and O–H groups in total. The summed E-state index contributed by atoms with van der Waals surface area (Å²) in [6.07, 6.45) is 14.0. The van der Waals surface area contributed by atoms with Crippen LogP contribution in [0.5, 0.6) is 5.75 Å². The minimum absolute atomic E-state index is 0.139. The highest BCUT2D eigenvalue weighted by molar-refractivity contribution is 5.50. The zero-order valence-electron chi connectivity index (χ0n) is 18.8. The third kappa shape index (κ3) is 3.44. The van der Waals surface area contributed by atoms with E-state index in [9.17, 15) is 5.11 Å². The summed E-state index contributed by atoms with van der Waals surface area (Å²) in [5.74, 6) is 2.44. The Kier molecular flexibility index (Phi) is 5.17. The molecule has 1 heteroatoms. The molecule has 154 valence electrons. The Hall–Kier alpha value is -1.24. The van der Waals surface area contributed by atoms with E-state index in [-0.39, 0.29) is 5.41 Å². The third-order valence-corrected chi connectivity index (χ3v) is 8.63. The summed E-state index contributed by atoms with van der Waals surface area (Å²) in [6.45, 7) is 12.0. The van der Waals surface area contributed by atoms with E-state index in [0.717, 1.165) is 25.2 Å². The molecule has 0 aliphatic heterocycles. The molecule has 1 fully saturated rings. The van der Waals surface area contributed by atoms with E-state index in [1.54, 1.807) is 0 Å². The van der Waals surface area contributed by atoms with Crippen molar-refractivity contribution in [2.45, 2.75) is 104 Å². The Balaban J connectivity index is 1.74. The van der Waals surface area contributed by atoms with E-state index < -0.39 is 0 Å². The SMILES string of the molecule is CC1=CC[C@@H]2[C@@H](C1)c1c(O)cc(C(C)(C)C3CCCCCC3)cc1CC2(C)C. The number of hydrogen-bond acceptors (Lipinski definition) is 1. The van der Waals surface area contributed by atoms with Crippen LogP contribution in [0.3, 0.4) is 0 Å². The van der Waals surface area contributed by atoms with Crippen molar-refractivity contribution in [1.82, 2.24) is 0 Å². The Morgan fingerprint density at radius 2 is 1.71 bits per heavy atom. The molecule has 2 atom stereocenters. The number of fused-ring (bicyclic) bond motifs is 3. The zero-order chi connectivity index (χ0) is 20.1. The first-order valence-corrected chi connectivity index (χ1v) is 11.7. The van der Waals surface area contributed by atoms with Crippen LogP contribution in [0.2, 0.25) is 0 Å². The number of rotatable bonds is 2. The van der Waals surface area contributed by atoms with E-state index in [2.05, 4.69) is 52.8 Å². The summed E-state index contributed by atoms with van der Waals surface area (Å²) in [4.78, 5) is 0. The normalized spacial score (nSPS) is 28.1. The molecular weight excluding hydrogens is 340 g/mol. The van der Waals surface area contributed by atoms with Crippen LogP contribution < -0.4 is 0 Å². The maximum atomic E-state index is 11.2. The van der Waals surface area contributed by atoms with Gasteiger partial charge in [0.25, 0.3) is 0 Å². The molecule has 4 rings (SSSR count). The number of benzene rings is 1. The van der Waals surface area contributed by atoms with Gasteiger partial charge >= 0.3 is 0 Å². The van der Waals surface area contributed by atoms with Crippen molar-refractivity contribution in [3.63, 3.8) is 0 Å². The smallest absolute Gasteiger partial charge is 0.119 e. The molecule has 28 heavy (non-hydrogen) atoms. The van der Waals surface area contributed by atoms with Crippen LogP contribution >= 0.6 is 0 Å². The summed E-state index contributed by atoms with van der Waals surface area (Å²) in [7, 11) is 0. The molecule has 3 aliphatic carbocycles. The fraction of sp³-hybridized carbons (Fsp3) is 0.704. The number of hydrogen-bond donors (Lipinski definition) is 1. The Morgan fingerprint density at radius 1 is 1.04 bits per heavy atom. The highest BCUT2D eigenvalue weighted by Gasteiger charge is 2.44. The summed E-state index contributed by atoms with van der Waals surface area (Å²) in [6, 6.07) is 4.64. The maximum absolute atomic E-state index is 11.2. The van der Waals surface area contributed by atoms with Crippen LogP contribution in [0.4, 0.5) is 0 Å². The van der Waals surface area contributed by atoms with E-state index >= 15 is 0 Å². The Morgan fingerprint density at radius 3 is 2.39 bits per heavy atom. The molecule has 0 bridgehead atoms. The fourth-order valence-electron chi connectivity index (χ4n) is 6.73. The number of phenolic OH excluding ortho intramolecular Hbond substituents is 1. The van der Waals surface area contributed by atoms with E-state index in [0.29, 0.717) is 23.0 Å². The Bertz CT molecular complexity index is 759. The fourth-order valence-corrected chi connectivity index (χ4v) is 6.73. The minimum atomic E-state index is 0.139. The second kappa shape index (κ2) is 7.22. The van der Waals surface area contributed by atoms with Crippen LogP contribution in [0.15, 0.2) is 23.8 Å². The zero-order valence-corrected chi connectivity index (χ0v) is 18.8. The molecule has 0 heterocycles. The summed E-state index contributed by atoms with van der Waals surface area (Å²) in [5.41, 5.74) is 6.00. The van der Waals surface area contributed by atoms with Crippen LogP contribution in [0.1, 0.15) is 109 Å². The van der Waals surface area contributed by atoms with Gasteiger partial charge in [0.2, 0.25) is 0 Å². The van der Waals surface area contributed by atoms with Gasteiger partial charge in [-0.25, -0.2) is 0 Å². The summed E-state index contributed by atoms with van der Waals surface area (Å²) in [5, 5.41) is 11.2. The third-order valence-electron chi connectivity index (χ3n) is 8.63. The topological polar surface area (TPSA) is 20.2 Å². The molecule has 1 aromatic rings.